The Labute approximate surface area is 312 Å². The molecule has 0 atom stereocenters. The number of nitrogens with zero attached hydrogens (tertiary/aromatic N) is 4. The van der Waals surface area contributed by atoms with Crippen molar-refractivity contribution in [2.24, 2.45) is 0 Å². The summed E-state index contributed by atoms with van der Waals surface area (Å²) in [7, 11) is 0. The van der Waals surface area contributed by atoms with Gasteiger partial charge < -0.3 is 9.13 Å². The third-order valence-corrected chi connectivity index (χ3v) is 10.6. The van der Waals surface area contributed by atoms with E-state index in [1.807, 2.05) is 12.1 Å². The van der Waals surface area contributed by atoms with E-state index >= 15 is 0 Å². The average Bonchev–Trinajstić information content (AvgIpc) is 3.75. The molecule has 2 heterocycles. The van der Waals surface area contributed by atoms with Crippen LogP contribution >= 0.6 is 0 Å². The van der Waals surface area contributed by atoms with Gasteiger partial charge in [0.25, 0.3) is 0 Å². The topological polar surface area (TPSA) is 57.4 Å². The molecule has 0 radical (unpaired) electrons. The lowest BCUT2D eigenvalue weighted by Gasteiger charge is -2.14. The molecule has 0 amide bonds. The highest BCUT2D eigenvalue weighted by atomic mass is 15.0. The molecular weight excluding hydrogens is 657 g/mol. The van der Waals surface area contributed by atoms with Crippen LogP contribution in [-0.2, 0) is 0 Å². The molecule has 10 aromatic rings. The molecule has 8 aromatic carbocycles. The average molecular weight is 687 g/mol. The lowest BCUT2D eigenvalue weighted by atomic mass is 9.98. The zero-order chi connectivity index (χ0) is 36.2. The monoisotopic (exact) mass is 686 g/mol. The Balaban J connectivity index is 1.17. The second-order valence-corrected chi connectivity index (χ2v) is 13.6. The molecule has 10 rings (SSSR count). The Morgan fingerprint density at radius 1 is 0.315 bits per heavy atom. The number of para-hydroxylation sites is 3. The Morgan fingerprint density at radius 2 is 0.759 bits per heavy atom. The van der Waals surface area contributed by atoms with Gasteiger partial charge in [-0.25, -0.2) is 0 Å². The predicted octanol–water partition coefficient (Wildman–Crippen LogP) is 12.6. The molecular formula is C50H30N4. The van der Waals surface area contributed by atoms with E-state index in [9.17, 15) is 10.5 Å². The number of rotatable bonds is 5. The molecule has 4 heteroatoms. The number of nitriles is 2. The predicted molar refractivity (Wildman–Crippen MR) is 221 cm³/mol. The highest BCUT2D eigenvalue weighted by Crippen LogP contribution is 2.40. The third-order valence-electron chi connectivity index (χ3n) is 10.6. The van der Waals surface area contributed by atoms with Gasteiger partial charge in [-0.15, -0.1) is 0 Å². The Bertz CT molecular complexity index is 3080. The van der Waals surface area contributed by atoms with Crippen molar-refractivity contribution >= 4 is 43.6 Å². The van der Waals surface area contributed by atoms with Gasteiger partial charge in [0.05, 0.1) is 38.9 Å². The van der Waals surface area contributed by atoms with E-state index in [1.54, 1.807) is 18.2 Å². The van der Waals surface area contributed by atoms with Crippen molar-refractivity contribution in [2.45, 2.75) is 0 Å². The highest BCUT2D eigenvalue weighted by molar-refractivity contribution is 6.13. The van der Waals surface area contributed by atoms with Crippen LogP contribution in [0.4, 0.5) is 0 Å². The molecule has 0 spiro atoms. The minimum atomic E-state index is 0.466. The first-order valence-corrected chi connectivity index (χ1v) is 18.0. The van der Waals surface area contributed by atoms with Gasteiger partial charge in [-0.3, -0.25) is 0 Å². The lowest BCUT2D eigenvalue weighted by molar-refractivity contribution is 1.15. The number of hydrogen-bond donors (Lipinski definition) is 0. The van der Waals surface area contributed by atoms with Crippen LogP contribution in [0.5, 0.6) is 0 Å². The van der Waals surface area contributed by atoms with E-state index in [0.717, 1.165) is 49.7 Å². The molecule has 250 valence electrons. The minimum absolute atomic E-state index is 0.466. The standard InChI is InChI=1S/C50H30N4/c51-31-37-16-11-17-38(32-52)50(37)54-47-21-10-8-19-43(47)45-30-36(23-25-49(45)54)35-22-24-48-44(29-35)42-18-7-9-20-46(42)53(48)41-27-39(33-12-3-1-4-13-33)26-40(28-41)34-14-5-2-6-15-34/h1-30H. The number of benzene rings is 8. The lowest BCUT2D eigenvalue weighted by Crippen LogP contribution is -2.01. The fourth-order valence-electron chi connectivity index (χ4n) is 8.12. The first-order chi connectivity index (χ1) is 26.7. The second kappa shape index (κ2) is 12.5. The quantitative estimate of drug-likeness (QED) is 0.181. The number of aromatic nitrogens is 2. The minimum Gasteiger partial charge on any atom is -0.309 e. The van der Waals surface area contributed by atoms with E-state index in [-0.39, 0.29) is 0 Å². The summed E-state index contributed by atoms with van der Waals surface area (Å²) in [5.41, 5.74) is 13.7. The zero-order valence-electron chi connectivity index (χ0n) is 29.1. The van der Waals surface area contributed by atoms with Crippen LogP contribution in [0, 0.1) is 22.7 Å². The molecule has 0 aliphatic heterocycles. The first kappa shape index (κ1) is 31.1. The van der Waals surface area contributed by atoms with E-state index < -0.39 is 0 Å². The fraction of sp³-hybridized carbons (Fsp3) is 0. The SMILES string of the molecule is N#Cc1cccc(C#N)c1-n1c2ccccc2c2cc(-c3ccc4c(c3)c3ccccc3n4-c3cc(-c4ccccc4)cc(-c4ccccc4)c3)ccc21. The van der Waals surface area contributed by atoms with Crippen LogP contribution in [0.2, 0.25) is 0 Å². The highest BCUT2D eigenvalue weighted by Gasteiger charge is 2.20. The van der Waals surface area contributed by atoms with Crippen LogP contribution in [0.15, 0.2) is 182 Å². The van der Waals surface area contributed by atoms with E-state index in [4.69, 9.17) is 0 Å². The van der Waals surface area contributed by atoms with Crippen molar-refractivity contribution in [1.29, 1.82) is 10.5 Å². The van der Waals surface area contributed by atoms with Crippen LogP contribution in [-0.4, -0.2) is 9.13 Å². The fourth-order valence-corrected chi connectivity index (χ4v) is 8.12. The smallest absolute Gasteiger partial charge is 0.101 e. The second-order valence-electron chi connectivity index (χ2n) is 13.6. The Hall–Kier alpha value is -7.66. The van der Waals surface area contributed by atoms with Gasteiger partial charge in [-0.05, 0) is 100 Å². The molecule has 0 saturated carbocycles. The van der Waals surface area contributed by atoms with Gasteiger partial charge in [-0.2, -0.15) is 10.5 Å². The van der Waals surface area contributed by atoms with E-state index in [2.05, 4.69) is 173 Å². The van der Waals surface area contributed by atoms with Crippen LogP contribution in [0.25, 0.3) is 88.4 Å². The van der Waals surface area contributed by atoms with Crippen molar-refractivity contribution in [1.82, 2.24) is 9.13 Å². The summed E-state index contributed by atoms with van der Waals surface area (Å²) in [6, 6.07) is 68.2. The molecule has 0 fully saturated rings. The summed E-state index contributed by atoms with van der Waals surface area (Å²) in [6.07, 6.45) is 0. The molecule has 0 bridgehead atoms. The molecule has 0 aliphatic carbocycles. The Kier molecular flexibility index (Phi) is 7.22. The van der Waals surface area contributed by atoms with Crippen LogP contribution in [0.1, 0.15) is 11.1 Å². The number of hydrogen-bond acceptors (Lipinski definition) is 2. The summed E-state index contributed by atoms with van der Waals surface area (Å²) < 4.78 is 4.46. The molecule has 0 aliphatic rings. The molecule has 2 aromatic heterocycles. The molecule has 0 N–H and O–H groups in total. The normalized spacial score (nSPS) is 11.3. The molecule has 0 unspecified atom stereocenters. The third kappa shape index (κ3) is 4.90. The summed E-state index contributed by atoms with van der Waals surface area (Å²) in [6.45, 7) is 0. The van der Waals surface area contributed by atoms with Crippen LogP contribution in [0.3, 0.4) is 0 Å². The maximum atomic E-state index is 10.1. The summed E-state index contributed by atoms with van der Waals surface area (Å²) in [4.78, 5) is 0. The van der Waals surface area contributed by atoms with Gasteiger partial charge in [0.15, 0.2) is 0 Å². The summed E-state index contributed by atoms with van der Waals surface area (Å²) in [5, 5.41) is 24.6. The molecule has 4 nitrogen and oxygen atoms in total. The molecule has 0 saturated heterocycles. The van der Waals surface area contributed by atoms with E-state index in [0.29, 0.717) is 16.8 Å². The van der Waals surface area contributed by atoms with Gasteiger partial charge in [0.2, 0.25) is 0 Å². The maximum absolute atomic E-state index is 10.1. The van der Waals surface area contributed by atoms with Crippen molar-refractivity contribution < 1.29 is 0 Å². The zero-order valence-corrected chi connectivity index (χ0v) is 29.1. The van der Waals surface area contributed by atoms with Crippen molar-refractivity contribution in [3.05, 3.63) is 193 Å². The number of fused-ring (bicyclic) bond motifs is 6. The van der Waals surface area contributed by atoms with Crippen LogP contribution < -0.4 is 0 Å². The largest absolute Gasteiger partial charge is 0.309 e. The van der Waals surface area contributed by atoms with Gasteiger partial charge in [-0.1, -0.05) is 115 Å². The van der Waals surface area contributed by atoms with Crippen molar-refractivity contribution in [3.63, 3.8) is 0 Å². The maximum Gasteiger partial charge on any atom is 0.101 e. The Morgan fingerprint density at radius 3 is 1.28 bits per heavy atom. The summed E-state index contributed by atoms with van der Waals surface area (Å²) in [5.74, 6) is 0. The van der Waals surface area contributed by atoms with Gasteiger partial charge in [0, 0.05) is 27.2 Å². The van der Waals surface area contributed by atoms with Gasteiger partial charge in [0.1, 0.15) is 12.1 Å². The van der Waals surface area contributed by atoms with Crippen molar-refractivity contribution in [3.8, 4) is 56.9 Å². The van der Waals surface area contributed by atoms with Crippen molar-refractivity contribution in [2.75, 3.05) is 0 Å². The van der Waals surface area contributed by atoms with E-state index in [1.165, 1.54) is 33.0 Å². The first-order valence-electron chi connectivity index (χ1n) is 18.0. The van der Waals surface area contributed by atoms with Gasteiger partial charge >= 0.3 is 0 Å². The summed E-state index contributed by atoms with van der Waals surface area (Å²) >= 11 is 0. The molecule has 54 heavy (non-hydrogen) atoms.